The first-order valence-corrected chi connectivity index (χ1v) is 20.3. The molecule has 4 fully saturated rings. The summed E-state index contributed by atoms with van der Waals surface area (Å²) in [5.41, 5.74) is 3.09. The van der Waals surface area contributed by atoms with Gasteiger partial charge >= 0.3 is 0 Å². The molecule has 4 saturated heterocycles. The van der Waals surface area contributed by atoms with Gasteiger partial charge in [-0.25, -0.2) is 0 Å². The molecule has 0 radical (unpaired) electrons. The van der Waals surface area contributed by atoms with Crippen LogP contribution in [0.5, 0.6) is 5.75 Å². The van der Waals surface area contributed by atoms with E-state index in [0.717, 1.165) is 41.6 Å². The maximum absolute atomic E-state index is 14.0. The van der Waals surface area contributed by atoms with Crippen molar-refractivity contribution in [1.29, 1.82) is 0 Å². The highest BCUT2D eigenvalue weighted by Crippen LogP contribution is 2.60. The number of unbranched alkanes of at least 4 members (excludes halogenated alkanes) is 9. The number of carbonyl (C=O) groups excluding carboxylic acids is 2. The zero-order valence-corrected chi connectivity index (χ0v) is 32.1. The number of piperidine rings is 2. The highest BCUT2D eigenvalue weighted by Gasteiger charge is 2.74. The van der Waals surface area contributed by atoms with Crippen LogP contribution >= 0.6 is 0 Å². The number of hydrogen-bond donors (Lipinski definition) is 1. The molecule has 1 N–H and O–H groups in total. The third-order valence-electron chi connectivity index (χ3n) is 13.3. The van der Waals surface area contributed by atoms with Gasteiger partial charge in [0.2, 0.25) is 17.3 Å². The lowest BCUT2D eigenvalue weighted by Crippen LogP contribution is -2.83. The lowest BCUT2D eigenvalue weighted by Gasteiger charge is -2.62. The number of piperazine rings is 1. The second kappa shape index (κ2) is 13.8. The molecule has 5 aliphatic heterocycles. The number of benzene rings is 3. The molecular formula is C45H56N4O4. The molecule has 6 aliphatic rings. The summed E-state index contributed by atoms with van der Waals surface area (Å²) in [6.45, 7) is 5.39. The van der Waals surface area contributed by atoms with Crippen LogP contribution in [0.1, 0.15) is 108 Å². The quantitative estimate of drug-likeness (QED) is 0.0966. The van der Waals surface area contributed by atoms with Gasteiger partial charge in [0.1, 0.15) is 16.8 Å². The number of anilines is 1. The number of ether oxygens (including phenoxy) is 1. The predicted octanol–water partition coefficient (Wildman–Crippen LogP) is 8.70. The van der Waals surface area contributed by atoms with E-state index in [4.69, 9.17) is 4.74 Å². The summed E-state index contributed by atoms with van der Waals surface area (Å²) < 4.78 is 7.21. The zero-order valence-electron chi connectivity index (χ0n) is 32.1. The van der Waals surface area contributed by atoms with E-state index in [1.807, 2.05) is 29.2 Å². The van der Waals surface area contributed by atoms with Gasteiger partial charge in [0.05, 0.1) is 29.2 Å². The van der Waals surface area contributed by atoms with E-state index in [2.05, 4.69) is 74.6 Å². The molecule has 3 atom stereocenters. The molecule has 1 aliphatic carbocycles. The molecule has 8 nitrogen and oxygen atoms in total. The maximum atomic E-state index is 14.0. The average molecular weight is 717 g/mol. The number of allylic oxidation sites excluding steroid dienone is 1. The Balaban J connectivity index is 0.768. The Labute approximate surface area is 314 Å². The number of carbonyl (C=O) groups is 2. The lowest BCUT2D eigenvalue weighted by molar-refractivity contribution is -0.362. The fraction of sp³-hybridized carbons (Fsp3) is 0.533. The number of rotatable bonds is 15. The van der Waals surface area contributed by atoms with E-state index in [9.17, 15) is 14.8 Å². The molecular weight excluding hydrogens is 661 g/mol. The Morgan fingerprint density at radius 3 is 2.36 bits per heavy atom. The summed E-state index contributed by atoms with van der Waals surface area (Å²) in [6, 6.07) is 19.1. The molecule has 0 saturated carbocycles. The van der Waals surface area contributed by atoms with Crippen molar-refractivity contribution in [3.63, 3.8) is 0 Å². The van der Waals surface area contributed by atoms with E-state index in [1.165, 1.54) is 73.4 Å². The minimum absolute atomic E-state index is 0.0149. The van der Waals surface area contributed by atoms with E-state index >= 15 is 0 Å². The molecule has 1 unspecified atom stereocenters. The largest absolute Gasteiger partial charge is 0.618 e. The predicted molar refractivity (Wildman–Crippen MR) is 213 cm³/mol. The molecule has 9 rings (SSSR count). The summed E-state index contributed by atoms with van der Waals surface area (Å²) in [5.74, 6) is 0.458. The SMILES string of the molecule is CN(C)c1cccc2c(CCCCCCCCCCCCOc3ccc4c(c3)[N+]([O-])=C3C4=C[C@@]45NC(=O)[C@]6(CCCN6C4=O)CC5C3(C)C)cccc12. The first-order chi connectivity index (χ1) is 25.6. The number of hydrogen-bond acceptors (Lipinski definition) is 5. The van der Waals surface area contributed by atoms with Crippen LogP contribution in [0.15, 0.2) is 60.7 Å². The first-order valence-electron chi connectivity index (χ1n) is 20.3. The van der Waals surface area contributed by atoms with Crippen molar-refractivity contribution in [3.8, 4) is 5.75 Å². The summed E-state index contributed by atoms with van der Waals surface area (Å²) in [5, 5.41) is 19.9. The van der Waals surface area contributed by atoms with Crippen LogP contribution < -0.4 is 15.0 Å². The van der Waals surface area contributed by atoms with Crippen molar-refractivity contribution in [3.05, 3.63) is 77.0 Å². The highest BCUT2D eigenvalue weighted by atomic mass is 16.5. The van der Waals surface area contributed by atoms with Gasteiger partial charge in [-0.2, -0.15) is 4.74 Å². The van der Waals surface area contributed by atoms with Gasteiger partial charge in [-0.3, -0.25) is 9.59 Å². The summed E-state index contributed by atoms with van der Waals surface area (Å²) in [4.78, 5) is 31.5. The van der Waals surface area contributed by atoms with Crippen LogP contribution in [0.2, 0.25) is 0 Å². The number of amides is 2. The summed E-state index contributed by atoms with van der Waals surface area (Å²) >= 11 is 0. The van der Waals surface area contributed by atoms with E-state index < -0.39 is 16.5 Å². The van der Waals surface area contributed by atoms with Crippen LogP contribution in [0.4, 0.5) is 11.4 Å². The average Bonchev–Trinajstić information content (AvgIpc) is 3.70. The Morgan fingerprint density at radius 1 is 0.906 bits per heavy atom. The molecule has 280 valence electrons. The molecule has 53 heavy (non-hydrogen) atoms. The van der Waals surface area contributed by atoms with Crippen LogP contribution in [0.3, 0.4) is 0 Å². The fourth-order valence-electron chi connectivity index (χ4n) is 10.5. The topological polar surface area (TPSA) is 87.9 Å². The lowest BCUT2D eigenvalue weighted by atomic mass is 9.51. The number of aryl methyl sites for hydroxylation is 1. The van der Waals surface area contributed by atoms with Gasteiger partial charge in [0.15, 0.2) is 0 Å². The van der Waals surface area contributed by atoms with Crippen LogP contribution in [-0.2, 0) is 16.0 Å². The minimum atomic E-state index is -1.11. The normalized spacial score (nSPS) is 24.9. The van der Waals surface area contributed by atoms with Gasteiger partial charge in [-0.1, -0.05) is 81.7 Å². The summed E-state index contributed by atoms with van der Waals surface area (Å²) in [7, 11) is 4.23. The van der Waals surface area contributed by atoms with E-state index in [1.54, 1.807) is 0 Å². The Hall–Kier alpha value is -4.33. The van der Waals surface area contributed by atoms with Crippen molar-refractivity contribution in [2.75, 3.05) is 32.1 Å². The molecule has 8 heteroatoms. The molecule has 5 heterocycles. The number of nitrogens with zero attached hydrogens (tertiary/aromatic N) is 3. The highest BCUT2D eigenvalue weighted by molar-refractivity contribution is 6.30. The Bertz CT molecular complexity index is 2000. The fourth-order valence-corrected chi connectivity index (χ4v) is 10.5. The van der Waals surface area contributed by atoms with Crippen LogP contribution in [0.25, 0.3) is 16.3 Å². The van der Waals surface area contributed by atoms with Gasteiger partial charge < -0.3 is 25.1 Å². The van der Waals surface area contributed by atoms with E-state index in [-0.39, 0.29) is 17.7 Å². The molecule has 0 aromatic heterocycles. The monoisotopic (exact) mass is 716 g/mol. The number of nitrogens with one attached hydrogen (secondary N) is 1. The van der Waals surface area contributed by atoms with Crippen molar-refractivity contribution >= 4 is 45.2 Å². The van der Waals surface area contributed by atoms with Crippen molar-refractivity contribution in [2.24, 2.45) is 11.3 Å². The van der Waals surface area contributed by atoms with Crippen molar-refractivity contribution < 1.29 is 19.1 Å². The first kappa shape index (κ1) is 35.7. The van der Waals surface area contributed by atoms with Crippen LogP contribution in [-0.4, -0.2) is 65.5 Å². The molecule has 3 aromatic carbocycles. The second-order valence-corrected chi connectivity index (χ2v) is 17.1. The van der Waals surface area contributed by atoms with E-state index in [0.29, 0.717) is 43.1 Å². The molecule has 2 bridgehead atoms. The van der Waals surface area contributed by atoms with Crippen molar-refractivity contribution in [2.45, 2.75) is 115 Å². The Kier molecular flexibility index (Phi) is 9.31. The third-order valence-corrected chi connectivity index (χ3v) is 13.3. The zero-order chi connectivity index (χ0) is 37.0. The van der Waals surface area contributed by atoms with Crippen LogP contribution in [0, 0.1) is 16.5 Å². The van der Waals surface area contributed by atoms with Gasteiger partial charge in [-0.15, -0.1) is 0 Å². The standard InChI is InChI=1S/C45H56N4O4/c1-43(2)39-30-44-25-17-26-48(44)42(51)45(39,46-41(44)50)29-36-35-24-23-32(28-38(35)49(52)40(36)43)53-27-14-12-10-8-6-5-7-9-11-13-18-31-19-15-21-34-33(31)20-16-22-37(34)47(3)4/h15-16,19-24,28-29,39H,5-14,17-18,25-27,30H2,1-4H3,(H,46,50)/t39?,44-,45-/m0/s1. The Morgan fingerprint density at radius 2 is 1.60 bits per heavy atom. The number of fused-ring (bicyclic) bond motifs is 5. The molecule has 2 amide bonds. The third kappa shape index (κ3) is 5.82. The van der Waals surface area contributed by atoms with Gasteiger partial charge in [0.25, 0.3) is 5.91 Å². The van der Waals surface area contributed by atoms with Gasteiger partial charge in [0, 0.05) is 37.6 Å². The van der Waals surface area contributed by atoms with Gasteiger partial charge in [-0.05, 0) is 87.6 Å². The maximum Gasteiger partial charge on any atom is 0.253 e. The molecule has 2 spiro atoms. The summed E-state index contributed by atoms with van der Waals surface area (Å²) in [6.07, 6.45) is 17.6. The second-order valence-electron chi connectivity index (χ2n) is 17.1. The van der Waals surface area contributed by atoms with Crippen molar-refractivity contribution in [1.82, 2.24) is 10.2 Å². The molecule has 3 aromatic rings. The smallest absolute Gasteiger partial charge is 0.253 e. The minimum Gasteiger partial charge on any atom is -0.618 e.